The van der Waals surface area contributed by atoms with Gasteiger partial charge in [-0.3, -0.25) is 4.21 Å². The molecule has 2 atom stereocenters. The van der Waals surface area contributed by atoms with Crippen molar-refractivity contribution >= 4 is 22.3 Å². The average molecular weight is 255 g/mol. The zero-order valence-electron chi connectivity index (χ0n) is 10.7. The number of aromatic nitrogens is 1. The Balaban J connectivity index is 2.49. The highest BCUT2D eigenvalue weighted by atomic mass is 32.2. The van der Waals surface area contributed by atoms with Crippen molar-refractivity contribution in [2.24, 2.45) is 0 Å². The summed E-state index contributed by atoms with van der Waals surface area (Å²) in [5.41, 5.74) is 1.05. The second-order valence-electron chi connectivity index (χ2n) is 4.07. The molecule has 4 nitrogen and oxygen atoms in total. The molecular weight excluding hydrogens is 234 g/mol. The van der Waals surface area contributed by atoms with Crippen LogP contribution in [0.25, 0.3) is 0 Å². The minimum Gasteiger partial charge on any atom is -0.382 e. The maximum absolute atomic E-state index is 11.0. The van der Waals surface area contributed by atoms with Gasteiger partial charge < -0.3 is 10.6 Å². The molecule has 2 unspecified atom stereocenters. The number of hydrogen-bond acceptors (Lipinski definition) is 4. The van der Waals surface area contributed by atoms with Crippen molar-refractivity contribution in [3.63, 3.8) is 0 Å². The Kier molecular flexibility index (Phi) is 5.97. The fraction of sp³-hybridized carbons (Fsp3) is 0.583. The third-order valence-electron chi connectivity index (χ3n) is 2.37. The summed E-state index contributed by atoms with van der Waals surface area (Å²) in [6.07, 6.45) is 4.43. The Morgan fingerprint density at radius 1 is 1.53 bits per heavy atom. The molecule has 2 N–H and O–H groups in total. The molecule has 0 aliphatic carbocycles. The third-order valence-corrected chi connectivity index (χ3v) is 3.18. The lowest BCUT2D eigenvalue weighted by molar-refractivity contribution is 0.678. The minimum atomic E-state index is -0.716. The van der Waals surface area contributed by atoms with Crippen LogP contribution in [-0.4, -0.2) is 33.8 Å². The molecule has 0 aliphatic rings. The topological polar surface area (TPSA) is 54.0 Å². The number of hydrogen-bond donors (Lipinski definition) is 2. The molecule has 0 radical (unpaired) electrons. The summed E-state index contributed by atoms with van der Waals surface area (Å²) in [6, 6.07) is 4.25. The van der Waals surface area contributed by atoms with E-state index in [2.05, 4.69) is 22.5 Å². The first-order valence-corrected chi connectivity index (χ1v) is 7.61. The lowest BCUT2D eigenvalue weighted by Crippen LogP contribution is -2.18. The maximum atomic E-state index is 11.0. The molecule has 0 aliphatic heterocycles. The van der Waals surface area contributed by atoms with Crippen molar-refractivity contribution < 1.29 is 4.21 Å². The van der Waals surface area contributed by atoms with Crippen LogP contribution in [0.15, 0.2) is 18.3 Å². The second-order valence-corrected chi connectivity index (χ2v) is 5.63. The zero-order chi connectivity index (χ0) is 12.7. The molecule has 0 saturated carbocycles. The summed E-state index contributed by atoms with van der Waals surface area (Å²) in [7, 11) is -0.716. The summed E-state index contributed by atoms with van der Waals surface area (Å²) in [6.45, 7) is 5.00. The van der Waals surface area contributed by atoms with E-state index in [0.29, 0.717) is 6.04 Å². The lowest BCUT2D eigenvalue weighted by atomic mass is 10.2. The highest BCUT2D eigenvalue weighted by Gasteiger charge is 2.04. The van der Waals surface area contributed by atoms with Gasteiger partial charge in [0, 0.05) is 53.3 Å². The Morgan fingerprint density at radius 2 is 2.29 bits per heavy atom. The first kappa shape index (κ1) is 14.0. The minimum absolute atomic E-state index is 0.316. The summed E-state index contributed by atoms with van der Waals surface area (Å²) < 4.78 is 11.0. The zero-order valence-corrected chi connectivity index (χ0v) is 11.5. The predicted molar refractivity (Wildman–Crippen MR) is 75.0 cm³/mol. The fourth-order valence-corrected chi connectivity index (χ4v) is 2.18. The maximum Gasteiger partial charge on any atom is 0.127 e. The van der Waals surface area contributed by atoms with Crippen molar-refractivity contribution in [3.05, 3.63) is 18.3 Å². The number of anilines is 2. The van der Waals surface area contributed by atoms with Crippen LogP contribution in [0.1, 0.15) is 20.3 Å². The van der Waals surface area contributed by atoms with Crippen LogP contribution in [0.3, 0.4) is 0 Å². The molecule has 0 saturated heterocycles. The number of rotatable bonds is 7. The van der Waals surface area contributed by atoms with Gasteiger partial charge in [0.25, 0.3) is 0 Å². The van der Waals surface area contributed by atoms with E-state index in [0.717, 1.165) is 30.2 Å². The van der Waals surface area contributed by atoms with Gasteiger partial charge in [-0.2, -0.15) is 0 Å². The van der Waals surface area contributed by atoms with Gasteiger partial charge in [0.2, 0.25) is 0 Å². The van der Waals surface area contributed by atoms with Gasteiger partial charge in [-0.05, 0) is 26.3 Å². The summed E-state index contributed by atoms with van der Waals surface area (Å²) in [4.78, 5) is 4.21. The van der Waals surface area contributed by atoms with Gasteiger partial charge in [-0.1, -0.05) is 0 Å². The largest absolute Gasteiger partial charge is 0.382 e. The van der Waals surface area contributed by atoms with E-state index in [9.17, 15) is 4.21 Å². The van der Waals surface area contributed by atoms with E-state index in [1.165, 1.54) is 0 Å². The molecule has 0 fully saturated rings. The summed E-state index contributed by atoms with van der Waals surface area (Å²) in [5.74, 6) is 1.61. The van der Waals surface area contributed by atoms with E-state index >= 15 is 0 Å². The molecule has 1 aromatic heterocycles. The number of nitrogens with one attached hydrogen (secondary N) is 2. The molecule has 0 aromatic carbocycles. The van der Waals surface area contributed by atoms with Crippen LogP contribution in [-0.2, 0) is 10.8 Å². The molecule has 0 bridgehead atoms. The molecule has 1 aromatic rings. The van der Waals surface area contributed by atoms with Gasteiger partial charge in [-0.25, -0.2) is 4.98 Å². The van der Waals surface area contributed by atoms with Crippen molar-refractivity contribution in [1.82, 2.24) is 4.98 Å². The Labute approximate surface area is 106 Å². The molecule has 0 spiro atoms. The Morgan fingerprint density at radius 3 is 2.94 bits per heavy atom. The van der Waals surface area contributed by atoms with E-state index in [1.807, 2.05) is 19.1 Å². The van der Waals surface area contributed by atoms with E-state index < -0.39 is 10.8 Å². The normalized spacial score (nSPS) is 14.1. The third kappa shape index (κ3) is 5.68. The van der Waals surface area contributed by atoms with Crippen LogP contribution in [0, 0.1) is 0 Å². The smallest absolute Gasteiger partial charge is 0.127 e. The molecule has 17 heavy (non-hydrogen) atoms. The Hall–Kier alpha value is -1.10. The van der Waals surface area contributed by atoms with Crippen LogP contribution < -0.4 is 10.6 Å². The van der Waals surface area contributed by atoms with Gasteiger partial charge in [-0.15, -0.1) is 0 Å². The fourth-order valence-electron chi connectivity index (χ4n) is 1.50. The van der Waals surface area contributed by atoms with Crippen molar-refractivity contribution in [3.8, 4) is 0 Å². The average Bonchev–Trinajstić information content (AvgIpc) is 2.27. The monoisotopic (exact) mass is 255 g/mol. The lowest BCUT2D eigenvalue weighted by Gasteiger charge is -2.15. The molecule has 0 amide bonds. The van der Waals surface area contributed by atoms with E-state index in [-0.39, 0.29) is 0 Å². The second kappa shape index (κ2) is 7.27. The van der Waals surface area contributed by atoms with Gasteiger partial charge in [0.05, 0.1) is 0 Å². The van der Waals surface area contributed by atoms with Crippen LogP contribution >= 0.6 is 0 Å². The molecule has 96 valence electrons. The van der Waals surface area contributed by atoms with Crippen molar-refractivity contribution in [2.45, 2.75) is 26.3 Å². The highest BCUT2D eigenvalue weighted by molar-refractivity contribution is 7.84. The quantitative estimate of drug-likeness (QED) is 0.783. The SMILES string of the molecule is CCNc1cc(NC(C)CCS(C)=O)ccn1. The van der Waals surface area contributed by atoms with Crippen molar-refractivity contribution in [2.75, 3.05) is 29.2 Å². The molecule has 5 heteroatoms. The van der Waals surface area contributed by atoms with Crippen molar-refractivity contribution in [1.29, 1.82) is 0 Å². The standard InChI is InChI=1S/C12H21N3OS/c1-4-13-12-9-11(5-7-14-12)15-10(2)6-8-17(3)16/h5,7,9-10H,4,6,8H2,1-3H3,(H2,13,14,15). The predicted octanol–water partition coefficient (Wildman–Crippen LogP) is 2.08. The first-order chi connectivity index (χ1) is 8.11. The van der Waals surface area contributed by atoms with Crippen LogP contribution in [0.5, 0.6) is 0 Å². The van der Waals surface area contributed by atoms with E-state index in [1.54, 1.807) is 12.5 Å². The molecule has 1 heterocycles. The van der Waals surface area contributed by atoms with Crippen LogP contribution in [0.4, 0.5) is 11.5 Å². The molecule has 1 rings (SSSR count). The van der Waals surface area contributed by atoms with Gasteiger partial charge >= 0.3 is 0 Å². The highest BCUT2D eigenvalue weighted by Crippen LogP contribution is 2.13. The first-order valence-electron chi connectivity index (χ1n) is 5.88. The summed E-state index contributed by atoms with van der Waals surface area (Å²) in [5, 5.41) is 6.55. The van der Waals surface area contributed by atoms with E-state index in [4.69, 9.17) is 0 Å². The number of nitrogens with zero attached hydrogens (tertiary/aromatic N) is 1. The molecular formula is C12H21N3OS. The van der Waals surface area contributed by atoms with Gasteiger partial charge in [0.15, 0.2) is 0 Å². The number of pyridine rings is 1. The summed E-state index contributed by atoms with van der Waals surface area (Å²) >= 11 is 0. The van der Waals surface area contributed by atoms with Crippen LogP contribution in [0.2, 0.25) is 0 Å². The van der Waals surface area contributed by atoms with Gasteiger partial charge in [0.1, 0.15) is 5.82 Å². The Bertz CT molecular complexity index is 371.